The highest BCUT2D eigenvalue weighted by Crippen LogP contribution is 2.68. The van der Waals surface area contributed by atoms with Crippen LogP contribution in [-0.2, 0) is 28.3 Å². The lowest BCUT2D eigenvalue weighted by atomic mass is 9.43. The molecule has 3 saturated carbocycles. The largest absolute Gasteiger partial charge is 0.369 e. The number of likely N-dealkylation sites (tertiary alicyclic amines) is 1. The van der Waals surface area contributed by atoms with Gasteiger partial charge in [0.05, 0.1) is 17.8 Å². The molecule has 0 N–H and O–H groups in total. The number of carbonyl (C=O) groups excluding carboxylic acids is 1. The standard InChI is InChI=1S/C22H27N3O2/c1-17-11-25(20(23-17)13-27-12-18-5-3-2-4-6-18)22-14-21(15-22,16-22)24-9-7-19(26)8-10-24/h2-6,11H,7-10,12-16H2,1H3. The Hall–Kier alpha value is -1.98. The van der Waals surface area contributed by atoms with E-state index in [2.05, 4.69) is 34.7 Å². The van der Waals surface area contributed by atoms with Gasteiger partial charge in [0.25, 0.3) is 0 Å². The van der Waals surface area contributed by atoms with Crippen LogP contribution in [0.4, 0.5) is 0 Å². The number of aryl methyl sites for hydroxylation is 1. The summed E-state index contributed by atoms with van der Waals surface area (Å²) in [7, 11) is 0. The molecule has 2 heterocycles. The highest BCUT2D eigenvalue weighted by molar-refractivity contribution is 5.79. The summed E-state index contributed by atoms with van der Waals surface area (Å²) >= 11 is 0. The van der Waals surface area contributed by atoms with Crippen molar-refractivity contribution >= 4 is 5.78 Å². The third-order valence-corrected chi connectivity index (χ3v) is 6.72. The van der Waals surface area contributed by atoms with Crippen molar-refractivity contribution in [1.29, 1.82) is 0 Å². The number of Topliss-reactive ketones (excluding diaryl/α,β-unsaturated/α-hetero) is 1. The van der Waals surface area contributed by atoms with E-state index in [9.17, 15) is 4.79 Å². The van der Waals surface area contributed by atoms with Crippen LogP contribution >= 0.6 is 0 Å². The third kappa shape index (κ3) is 2.84. The first-order valence-corrected chi connectivity index (χ1v) is 10.0. The van der Waals surface area contributed by atoms with Crippen molar-refractivity contribution in [2.45, 2.75) is 63.3 Å². The SMILES string of the molecule is Cc1cn(C23CC(N4CCC(=O)CC4)(C2)C3)c(COCc2ccccc2)n1. The number of piperidine rings is 1. The maximum atomic E-state index is 11.5. The average molecular weight is 365 g/mol. The second-order valence-corrected chi connectivity index (χ2v) is 8.65. The Morgan fingerprint density at radius 2 is 1.74 bits per heavy atom. The summed E-state index contributed by atoms with van der Waals surface area (Å²) in [5.74, 6) is 1.47. The molecule has 5 heteroatoms. The molecule has 27 heavy (non-hydrogen) atoms. The topological polar surface area (TPSA) is 47.4 Å². The van der Waals surface area contributed by atoms with Crippen LogP contribution in [0.5, 0.6) is 0 Å². The van der Waals surface area contributed by atoms with Crippen molar-refractivity contribution in [3.05, 3.63) is 53.6 Å². The van der Waals surface area contributed by atoms with Gasteiger partial charge >= 0.3 is 0 Å². The molecule has 5 nitrogen and oxygen atoms in total. The van der Waals surface area contributed by atoms with E-state index < -0.39 is 0 Å². The zero-order valence-corrected chi connectivity index (χ0v) is 16.0. The van der Waals surface area contributed by atoms with E-state index in [1.165, 1.54) is 24.8 Å². The van der Waals surface area contributed by atoms with Crippen molar-refractivity contribution in [2.24, 2.45) is 0 Å². The highest BCUT2D eigenvalue weighted by atomic mass is 16.5. The molecule has 142 valence electrons. The highest BCUT2D eigenvalue weighted by Gasteiger charge is 2.71. The van der Waals surface area contributed by atoms with Gasteiger partial charge in [0.15, 0.2) is 0 Å². The molecular weight excluding hydrogens is 338 g/mol. The Bertz CT molecular complexity index is 828. The van der Waals surface area contributed by atoms with Gasteiger partial charge in [-0.05, 0) is 31.7 Å². The summed E-state index contributed by atoms with van der Waals surface area (Å²) in [4.78, 5) is 18.9. The lowest BCUT2D eigenvalue weighted by Crippen LogP contribution is -2.79. The minimum atomic E-state index is 0.230. The second-order valence-electron chi connectivity index (χ2n) is 8.65. The second kappa shape index (κ2) is 6.28. The Labute approximate surface area is 160 Å². The van der Waals surface area contributed by atoms with Crippen LogP contribution < -0.4 is 0 Å². The first kappa shape index (κ1) is 17.1. The zero-order valence-electron chi connectivity index (χ0n) is 16.0. The molecule has 1 aliphatic heterocycles. The van der Waals surface area contributed by atoms with Gasteiger partial charge < -0.3 is 9.30 Å². The number of imidazole rings is 1. The lowest BCUT2D eigenvalue weighted by Gasteiger charge is -2.74. The number of hydrogen-bond acceptors (Lipinski definition) is 4. The summed E-state index contributed by atoms with van der Waals surface area (Å²) in [5, 5.41) is 0. The van der Waals surface area contributed by atoms with E-state index in [0.717, 1.165) is 37.4 Å². The van der Waals surface area contributed by atoms with Gasteiger partial charge in [-0.25, -0.2) is 4.98 Å². The molecule has 0 atom stereocenters. The summed E-state index contributed by atoms with van der Waals surface area (Å²) < 4.78 is 8.36. The van der Waals surface area contributed by atoms with Crippen LogP contribution in [0.1, 0.15) is 49.2 Å². The van der Waals surface area contributed by atoms with Gasteiger partial charge in [0.2, 0.25) is 0 Å². The fourth-order valence-corrected chi connectivity index (χ4v) is 5.40. The molecule has 1 aromatic heterocycles. The molecule has 6 rings (SSSR count). The van der Waals surface area contributed by atoms with Crippen molar-refractivity contribution < 1.29 is 9.53 Å². The van der Waals surface area contributed by atoms with E-state index in [1.807, 2.05) is 18.2 Å². The Balaban J connectivity index is 1.23. The Kier molecular flexibility index (Phi) is 3.99. The maximum Gasteiger partial charge on any atom is 0.135 e. The van der Waals surface area contributed by atoms with E-state index in [1.54, 1.807) is 0 Å². The number of carbonyl (C=O) groups is 1. The average Bonchev–Trinajstić information content (AvgIpc) is 2.96. The van der Waals surface area contributed by atoms with Gasteiger partial charge in [-0.1, -0.05) is 30.3 Å². The minimum Gasteiger partial charge on any atom is -0.369 e. The smallest absolute Gasteiger partial charge is 0.135 e. The van der Waals surface area contributed by atoms with Crippen molar-refractivity contribution in [2.75, 3.05) is 13.1 Å². The molecule has 1 saturated heterocycles. The van der Waals surface area contributed by atoms with Gasteiger partial charge in [-0.3, -0.25) is 9.69 Å². The van der Waals surface area contributed by atoms with E-state index in [4.69, 9.17) is 9.72 Å². The van der Waals surface area contributed by atoms with Gasteiger partial charge in [-0.2, -0.15) is 0 Å². The predicted molar refractivity (Wildman–Crippen MR) is 102 cm³/mol. The Morgan fingerprint density at radius 1 is 1.04 bits per heavy atom. The summed E-state index contributed by atoms with van der Waals surface area (Å²) in [6.45, 7) is 5.13. The van der Waals surface area contributed by atoms with E-state index in [0.29, 0.717) is 24.5 Å². The molecule has 4 fully saturated rings. The van der Waals surface area contributed by atoms with Crippen molar-refractivity contribution in [3.8, 4) is 0 Å². The normalized spacial score (nSPS) is 30.0. The van der Waals surface area contributed by atoms with Gasteiger partial charge in [-0.15, -0.1) is 0 Å². The molecule has 3 aliphatic carbocycles. The number of ketones is 1. The quantitative estimate of drug-likeness (QED) is 0.789. The molecule has 1 aromatic carbocycles. The van der Waals surface area contributed by atoms with Crippen molar-refractivity contribution in [3.63, 3.8) is 0 Å². The van der Waals surface area contributed by atoms with E-state index >= 15 is 0 Å². The van der Waals surface area contributed by atoms with Crippen LogP contribution in [-0.4, -0.2) is 38.9 Å². The molecule has 2 bridgehead atoms. The number of benzene rings is 1. The fourth-order valence-electron chi connectivity index (χ4n) is 5.40. The number of hydrogen-bond donors (Lipinski definition) is 0. The predicted octanol–water partition coefficient (Wildman–Crippen LogP) is 3.20. The minimum absolute atomic E-state index is 0.230. The van der Waals surface area contributed by atoms with Gasteiger partial charge in [0, 0.05) is 37.7 Å². The number of rotatable bonds is 6. The van der Waals surface area contributed by atoms with Crippen molar-refractivity contribution in [1.82, 2.24) is 14.5 Å². The van der Waals surface area contributed by atoms with Gasteiger partial charge in [0.1, 0.15) is 18.2 Å². The van der Waals surface area contributed by atoms with Crippen LogP contribution in [0.15, 0.2) is 36.5 Å². The number of aromatic nitrogens is 2. The first-order valence-electron chi connectivity index (χ1n) is 10.0. The number of ether oxygens (including phenoxy) is 1. The van der Waals surface area contributed by atoms with E-state index in [-0.39, 0.29) is 5.54 Å². The lowest BCUT2D eigenvalue weighted by molar-refractivity contribution is -0.211. The van der Waals surface area contributed by atoms with Crippen LogP contribution in [0.2, 0.25) is 0 Å². The molecule has 0 unspecified atom stereocenters. The summed E-state index contributed by atoms with van der Waals surface area (Å²) in [6.07, 6.45) is 7.24. The first-order chi connectivity index (χ1) is 13.1. The van der Waals surface area contributed by atoms with Crippen LogP contribution in [0.3, 0.4) is 0 Å². The Morgan fingerprint density at radius 3 is 2.44 bits per heavy atom. The number of nitrogens with zero attached hydrogens (tertiary/aromatic N) is 3. The molecular formula is C22H27N3O2. The maximum absolute atomic E-state index is 11.5. The summed E-state index contributed by atoms with van der Waals surface area (Å²) in [6, 6.07) is 10.3. The molecule has 2 aromatic rings. The molecule has 0 radical (unpaired) electrons. The summed E-state index contributed by atoms with van der Waals surface area (Å²) in [5.41, 5.74) is 2.84. The molecule has 4 aliphatic rings. The molecule has 0 spiro atoms. The third-order valence-electron chi connectivity index (χ3n) is 6.72. The monoisotopic (exact) mass is 365 g/mol. The van der Waals surface area contributed by atoms with Crippen LogP contribution in [0, 0.1) is 6.92 Å². The zero-order chi connectivity index (χ0) is 18.5. The fraction of sp³-hybridized carbons (Fsp3) is 0.545. The molecule has 0 amide bonds. The van der Waals surface area contributed by atoms with Crippen LogP contribution in [0.25, 0.3) is 0 Å².